The molecule has 0 amide bonds. The first kappa shape index (κ1) is 14.4. The Bertz CT molecular complexity index is 556. The Labute approximate surface area is 125 Å². The molecule has 19 heavy (non-hydrogen) atoms. The lowest BCUT2D eigenvalue weighted by molar-refractivity contribution is 0.395. The first-order valence-electron chi connectivity index (χ1n) is 5.83. The zero-order valence-electron chi connectivity index (χ0n) is 11.1. The quantitative estimate of drug-likeness (QED) is 0.896. The molecule has 0 radical (unpaired) electrons. The molecule has 3 nitrogen and oxygen atoms in total. The van der Waals surface area contributed by atoms with Gasteiger partial charge in [-0.15, -0.1) is 11.3 Å². The summed E-state index contributed by atoms with van der Waals surface area (Å²) in [7, 11) is 5.29. The molecule has 0 saturated carbocycles. The van der Waals surface area contributed by atoms with Crippen LogP contribution in [0.1, 0.15) is 16.5 Å². The van der Waals surface area contributed by atoms with Gasteiger partial charge in [-0.1, -0.05) is 0 Å². The molecule has 0 spiro atoms. The van der Waals surface area contributed by atoms with Crippen LogP contribution in [0, 0.1) is 0 Å². The van der Waals surface area contributed by atoms with Crippen molar-refractivity contribution in [3.05, 3.63) is 44.6 Å². The monoisotopic (exact) mass is 341 g/mol. The Balaban J connectivity index is 2.51. The van der Waals surface area contributed by atoms with Gasteiger partial charge in [-0.25, -0.2) is 0 Å². The van der Waals surface area contributed by atoms with Crippen LogP contribution in [0.2, 0.25) is 0 Å². The minimum Gasteiger partial charge on any atom is -0.497 e. The van der Waals surface area contributed by atoms with E-state index in [9.17, 15) is 0 Å². The summed E-state index contributed by atoms with van der Waals surface area (Å²) in [6.07, 6.45) is 0. The van der Waals surface area contributed by atoms with Gasteiger partial charge in [-0.2, -0.15) is 0 Å². The minimum absolute atomic E-state index is 0.0689. The summed E-state index contributed by atoms with van der Waals surface area (Å²) in [5.41, 5.74) is 1.06. The third-order valence-corrected chi connectivity index (χ3v) is 4.88. The number of halogens is 1. The van der Waals surface area contributed by atoms with Crippen LogP contribution in [-0.2, 0) is 0 Å². The minimum atomic E-state index is 0.0689. The van der Waals surface area contributed by atoms with Gasteiger partial charge in [0, 0.05) is 14.9 Å². The molecular formula is C14H16BrNO2S. The molecule has 1 heterocycles. The molecule has 0 aliphatic heterocycles. The number of methoxy groups -OCH3 is 2. The maximum absolute atomic E-state index is 5.46. The molecule has 1 aromatic carbocycles. The van der Waals surface area contributed by atoms with Crippen molar-refractivity contribution in [1.29, 1.82) is 0 Å². The van der Waals surface area contributed by atoms with Crippen molar-refractivity contribution in [2.24, 2.45) is 0 Å². The molecule has 1 atom stereocenters. The molecule has 102 valence electrons. The second kappa shape index (κ2) is 6.41. The van der Waals surface area contributed by atoms with Gasteiger partial charge in [0.15, 0.2) is 0 Å². The van der Waals surface area contributed by atoms with E-state index in [2.05, 4.69) is 32.7 Å². The number of hydrogen-bond acceptors (Lipinski definition) is 4. The smallest absolute Gasteiger partial charge is 0.124 e. The van der Waals surface area contributed by atoms with Crippen LogP contribution < -0.4 is 14.8 Å². The molecule has 0 saturated heterocycles. The average molecular weight is 342 g/mol. The third kappa shape index (κ3) is 2.94. The van der Waals surface area contributed by atoms with E-state index in [1.165, 1.54) is 4.88 Å². The maximum atomic E-state index is 5.46. The van der Waals surface area contributed by atoms with Crippen molar-refractivity contribution in [3.8, 4) is 11.5 Å². The van der Waals surface area contributed by atoms with E-state index in [4.69, 9.17) is 9.47 Å². The van der Waals surface area contributed by atoms with Crippen LogP contribution in [0.4, 0.5) is 0 Å². The molecule has 0 aliphatic carbocycles. The van der Waals surface area contributed by atoms with E-state index in [1.807, 2.05) is 25.2 Å². The average Bonchev–Trinajstić information content (AvgIpc) is 2.86. The molecule has 5 heteroatoms. The second-order valence-corrected chi connectivity index (χ2v) is 5.76. The van der Waals surface area contributed by atoms with Crippen LogP contribution in [0.15, 0.2) is 34.1 Å². The molecule has 0 aliphatic rings. The summed E-state index contributed by atoms with van der Waals surface area (Å²) in [5, 5.41) is 5.40. The van der Waals surface area contributed by atoms with Gasteiger partial charge in [-0.05, 0) is 52.6 Å². The normalized spacial score (nSPS) is 12.2. The van der Waals surface area contributed by atoms with Crippen LogP contribution in [0.3, 0.4) is 0 Å². The van der Waals surface area contributed by atoms with E-state index < -0.39 is 0 Å². The summed E-state index contributed by atoms with van der Waals surface area (Å²) in [4.78, 5) is 1.22. The fourth-order valence-electron chi connectivity index (χ4n) is 2.00. The first-order chi connectivity index (χ1) is 9.21. The number of hydrogen-bond donors (Lipinski definition) is 1. The van der Waals surface area contributed by atoms with Gasteiger partial charge in [0.05, 0.1) is 20.3 Å². The van der Waals surface area contributed by atoms with E-state index in [1.54, 1.807) is 25.6 Å². The van der Waals surface area contributed by atoms with Crippen LogP contribution in [0.25, 0.3) is 0 Å². The van der Waals surface area contributed by atoms with E-state index >= 15 is 0 Å². The first-order valence-corrected chi connectivity index (χ1v) is 7.50. The molecule has 1 unspecified atom stereocenters. The zero-order valence-corrected chi connectivity index (χ0v) is 13.5. The van der Waals surface area contributed by atoms with Gasteiger partial charge in [0.2, 0.25) is 0 Å². The van der Waals surface area contributed by atoms with Crippen LogP contribution in [0.5, 0.6) is 11.5 Å². The van der Waals surface area contributed by atoms with Crippen molar-refractivity contribution >= 4 is 27.3 Å². The van der Waals surface area contributed by atoms with Crippen molar-refractivity contribution < 1.29 is 9.47 Å². The van der Waals surface area contributed by atoms with Crippen LogP contribution >= 0.6 is 27.3 Å². The lowest BCUT2D eigenvalue weighted by Crippen LogP contribution is -2.17. The zero-order chi connectivity index (χ0) is 13.8. The Kier molecular flexibility index (Phi) is 4.85. The van der Waals surface area contributed by atoms with Crippen molar-refractivity contribution in [2.75, 3.05) is 21.3 Å². The van der Waals surface area contributed by atoms with Gasteiger partial charge in [0.1, 0.15) is 11.5 Å². The van der Waals surface area contributed by atoms with E-state index in [-0.39, 0.29) is 6.04 Å². The molecule has 2 aromatic rings. The van der Waals surface area contributed by atoms with Gasteiger partial charge < -0.3 is 14.8 Å². The fourth-order valence-corrected chi connectivity index (χ4v) is 3.73. The Hall–Kier alpha value is -1.04. The summed E-state index contributed by atoms with van der Waals surface area (Å²) in [6.45, 7) is 0. The van der Waals surface area contributed by atoms with Crippen molar-refractivity contribution in [1.82, 2.24) is 5.32 Å². The van der Waals surface area contributed by atoms with Crippen molar-refractivity contribution in [3.63, 3.8) is 0 Å². The summed E-state index contributed by atoms with van der Waals surface area (Å²) >= 11 is 5.29. The van der Waals surface area contributed by atoms with Gasteiger partial charge in [0.25, 0.3) is 0 Å². The predicted molar refractivity (Wildman–Crippen MR) is 82.5 cm³/mol. The lowest BCUT2D eigenvalue weighted by atomic mass is 10.0. The van der Waals surface area contributed by atoms with Crippen LogP contribution in [-0.4, -0.2) is 21.3 Å². The number of rotatable bonds is 5. The number of benzene rings is 1. The second-order valence-electron chi connectivity index (χ2n) is 3.96. The van der Waals surface area contributed by atoms with E-state index in [0.29, 0.717) is 0 Å². The molecule has 1 aromatic heterocycles. The third-order valence-electron chi connectivity index (χ3n) is 2.94. The number of ether oxygens (including phenoxy) is 2. The van der Waals surface area contributed by atoms with Gasteiger partial charge in [-0.3, -0.25) is 0 Å². The highest BCUT2D eigenvalue weighted by molar-refractivity contribution is 9.10. The van der Waals surface area contributed by atoms with E-state index in [0.717, 1.165) is 21.5 Å². The standard InChI is InChI=1S/C14H16BrNO2S/c1-16-13(14-11(15)6-7-19-14)10-8-9(17-2)4-5-12(10)18-3/h4-8,13,16H,1-3H3. The lowest BCUT2D eigenvalue weighted by Gasteiger charge is -2.19. The van der Waals surface area contributed by atoms with Crippen molar-refractivity contribution in [2.45, 2.75) is 6.04 Å². The molecular weight excluding hydrogens is 326 g/mol. The SMILES string of the molecule is CNC(c1cc(OC)ccc1OC)c1sccc1Br. The number of nitrogens with one attached hydrogen (secondary N) is 1. The highest BCUT2D eigenvalue weighted by Gasteiger charge is 2.20. The Morgan fingerprint density at radius 2 is 2.00 bits per heavy atom. The number of thiophene rings is 1. The van der Waals surface area contributed by atoms with Gasteiger partial charge >= 0.3 is 0 Å². The summed E-state index contributed by atoms with van der Waals surface area (Å²) < 4.78 is 11.9. The molecule has 0 fully saturated rings. The maximum Gasteiger partial charge on any atom is 0.124 e. The molecule has 2 rings (SSSR count). The fraction of sp³-hybridized carbons (Fsp3) is 0.286. The Morgan fingerprint density at radius 3 is 2.53 bits per heavy atom. The molecule has 1 N–H and O–H groups in total. The highest BCUT2D eigenvalue weighted by atomic mass is 79.9. The molecule has 0 bridgehead atoms. The largest absolute Gasteiger partial charge is 0.497 e. The highest BCUT2D eigenvalue weighted by Crippen LogP contribution is 2.38. The Morgan fingerprint density at radius 1 is 1.21 bits per heavy atom. The summed E-state index contributed by atoms with van der Waals surface area (Å²) in [5.74, 6) is 1.67. The predicted octanol–water partition coefficient (Wildman–Crippen LogP) is 3.84. The topological polar surface area (TPSA) is 30.5 Å². The summed E-state index contributed by atoms with van der Waals surface area (Å²) in [6, 6.07) is 7.96.